The number of benzene rings is 1. The number of fused-ring (bicyclic) bond motifs is 1. The highest BCUT2D eigenvalue weighted by molar-refractivity contribution is 5.99. The van der Waals surface area contributed by atoms with Crippen LogP contribution in [0.15, 0.2) is 24.3 Å². The maximum atomic E-state index is 12.6. The molecular weight excluding hydrogens is 240 g/mol. The van der Waals surface area contributed by atoms with Crippen LogP contribution in [0.3, 0.4) is 0 Å². The standard InChI is InChI=1S/C15H20N2O2/c18-15(14-8-3-4-11-19-14)17-10-5-9-16-12-6-1-2-7-13(12)17/h1-2,6-7,14,16H,3-5,8-11H2. The molecule has 1 saturated heterocycles. The fourth-order valence-electron chi connectivity index (χ4n) is 2.78. The van der Waals surface area contributed by atoms with E-state index in [-0.39, 0.29) is 12.0 Å². The highest BCUT2D eigenvalue weighted by atomic mass is 16.5. The van der Waals surface area contributed by atoms with E-state index in [0.717, 1.165) is 50.1 Å². The van der Waals surface area contributed by atoms with Crippen LogP contribution in [0.1, 0.15) is 25.7 Å². The van der Waals surface area contributed by atoms with Gasteiger partial charge in [0.2, 0.25) is 0 Å². The Kier molecular flexibility index (Phi) is 3.69. The maximum Gasteiger partial charge on any atom is 0.256 e. The Hall–Kier alpha value is -1.55. The number of anilines is 2. The first kappa shape index (κ1) is 12.5. The van der Waals surface area contributed by atoms with Crippen LogP contribution in [0.2, 0.25) is 0 Å². The predicted octanol–water partition coefficient (Wildman–Crippen LogP) is 2.40. The van der Waals surface area contributed by atoms with E-state index in [1.165, 1.54) is 0 Å². The van der Waals surface area contributed by atoms with E-state index in [9.17, 15) is 4.79 Å². The van der Waals surface area contributed by atoms with Gasteiger partial charge in [-0.25, -0.2) is 0 Å². The van der Waals surface area contributed by atoms with Gasteiger partial charge in [-0.1, -0.05) is 12.1 Å². The molecule has 102 valence electrons. The molecule has 2 aliphatic heterocycles. The Balaban J connectivity index is 1.84. The lowest BCUT2D eigenvalue weighted by molar-refractivity contribution is -0.132. The predicted molar refractivity (Wildman–Crippen MR) is 75.5 cm³/mol. The van der Waals surface area contributed by atoms with Crippen molar-refractivity contribution in [2.45, 2.75) is 31.8 Å². The minimum atomic E-state index is -0.250. The molecule has 0 saturated carbocycles. The fraction of sp³-hybridized carbons (Fsp3) is 0.533. The van der Waals surface area contributed by atoms with Gasteiger partial charge in [0.25, 0.3) is 5.91 Å². The summed E-state index contributed by atoms with van der Waals surface area (Å²) in [5.74, 6) is 0.121. The van der Waals surface area contributed by atoms with E-state index in [1.54, 1.807) is 0 Å². The molecule has 1 atom stereocenters. The molecule has 1 amide bonds. The van der Waals surface area contributed by atoms with E-state index in [1.807, 2.05) is 29.2 Å². The molecule has 0 radical (unpaired) electrons. The lowest BCUT2D eigenvalue weighted by Crippen LogP contribution is -2.42. The van der Waals surface area contributed by atoms with Crippen molar-refractivity contribution < 1.29 is 9.53 Å². The Morgan fingerprint density at radius 2 is 2.16 bits per heavy atom. The molecule has 1 aromatic rings. The SMILES string of the molecule is O=C(C1CCCCO1)N1CCCNc2ccccc21. The number of nitrogens with one attached hydrogen (secondary N) is 1. The van der Waals surface area contributed by atoms with Crippen LogP contribution in [0.4, 0.5) is 11.4 Å². The third kappa shape index (κ3) is 2.59. The second kappa shape index (κ2) is 5.61. The smallest absolute Gasteiger partial charge is 0.256 e. The summed E-state index contributed by atoms with van der Waals surface area (Å²) in [5.41, 5.74) is 2.03. The van der Waals surface area contributed by atoms with Gasteiger partial charge in [-0.15, -0.1) is 0 Å². The van der Waals surface area contributed by atoms with E-state index < -0.39 is 0 Å². The largest absolute Gasteiger partial charge is 0.383 e. The normalized spacial score (nSPS) is 23.2. The lowest BCUT2D eigenvalue weighted by Gasteiger charge is -2.29. The molecule has 0 aromatic heterocycles. The number of ether oxygens (including phenoxy) is 1. The summed E-state index contributed by atoms with van der Waals surface area (Å²) >= 11 is 0. The third-order valence-corrected chi connectivity index (χ3v) is 3.79. The number of nitrogens with zero attached hydrogens (tertiary/aromatic N) is 1. The molecule has 0 bridgehead atoms. The lowest BCUT2D eigenvalue weighted by atomic mass is 10.1. The number of hydrogen-bond acceptors (Lipinski definition) is 3. The van der Waals surface area contributed by atoms with Crippen molar-refractivity contribution >= 4 is 17.3 Å². The van der Waals surface area contributed by atoms with Crippen LogP contribution in [-0.2, 0) is 9.53 Å². The molecule has 4 nitrogen and oxygen atoms in total. The van der Waals surface area contributed by atoms with Crippen molar-refractivity contribution in [1.82, 2.24) is 0 Å². The number of carbonyl (C=O) groups excluding carboxylic acids is 1. The number of para-hydroxylation sites is 2. The summed E-state index contributed by atoms with van der Waals surface area (Å²) in [6, 6.07) is 8.02. The quantitative estimate of drug-likeness (QED) is 0.843. The van der Waals surface area contributed by atoms with Gasteiger partial charge in [-0.05, 0) is 37.8 Å². The zero-order valence-electron chi connectivity index (χ0n) is 11.1. The highest BCUT2D eigenvalue weighted by Gasteiger charge is 2.29. The first-order valence-corrected chi connectivity index (χ1v) is 7.12. The van der Waals surface area contributed by atoms with Gasteiger partial charge in [0.1, 0.15) is 6.10 Å². The molecular formula is C15H20N2O2. The number of rotatable bonds is 1. The van der Waals surface area contributed by atoms with Gasteiger partial charge in [-0.3, -0.25) is 4.79 Å². The summed E-state index contributed by atoms with van der Waals surface area (Å²) < 4.78 is 5.64. The molecule has 1 N–H and O–H groups in total. The Morgan fingerprint density at radius 1 is 1.26 bits per heavy atom. The minimum absolute atomic E-state index is 0.121. The van der Waals surface area contributed by atoms with Crippen LogP contribution in [-0.4, -0.2) is 31.7 Å². The van der Waals surface area contributed by atoms with Gasteiger partial charge in [0.05, 0.1) is 11.4 Å². The maximum absolute atomic E-state index is 12.6. The number of amides is 1. The van der Waals surface area contributed by atoms with Gasteiger partial charge >= 0.3 is 0 Å². The zero-order valence-corrected chi connectivity index (χ0v) is 11.1. The van der Waals surface area contributed by atoms with Crippen molar-refractivity contribution in [3.63, 3.8) is 0 Å². The first-order valence-electron chi connectivity index (χ1n) is 7.12. The van der Waals surface area contributed by atoms with E-state index in [0.29, 0.717) is 6.61 Å². The summed E-state index contributed by atoms with van der Waals surface area (Å²) in [4.78, 5) is 14.5. The van der Waals surface area contributed by atoms with Crippen molar-refractivity contribution in [2.24, 2.45) is 0 Å². The number of hydrogen-bond donors (Lipinski definition) is 1. The molecule has 2 heterocycles. The Morgan fingerprint density at radius 3 is 3.00 bits per heavy atom. The van der Waals surface area contributed by atoms with Crippen LogP contribution >= 0.6 is 0 Å². The fourth-order valence-corrected chi connectivity index (χ4v) is 2.78. The molecule has 2 aliphatic rings. The first-order chi connectivity index (χ1) is 9.36. The van der Waals surface area contributed by atoms with Gasteiger partial charge in [-0.2, -0.15) is 0 Å². The van der Waals surface area contributed by atoms with Crippen molar-refractivity contribution in [1.29, 1.82) is 0 Å². The number of carbonyl (C=O) groups is 1. The molecule has 0 spiro atoms. The van der Waals surface area contributed by atoms with Crippen molar-refractivity contribution in [3.8, 4) is 0 Å². The van der Waals surface area contributed by atoms with Gasteiger partial charge in [0.15, 0.2) is 0 Å². The summed E-state index contributed by atoms with van der Waals surface area (Å²) in [6.45, 7) is 2.39. The van der Waals surface area contributed by atoms with Gasteiger partial charge < -0.3 is 15.0 Å². The van der Waals surface area contributed by atoms with E-state index >= 15 is 0 Å². The van der Waals surface area contributed by atoms with Crippen LogP contribution in [0.5, 0.6) is 0 Å². The zero-order chi connectivity index (χ0) is 13.1. The van der Waals surface area contributed by atoms with Crippen LogP contribution < -0.4 is 10.2 Å². The third-order valence-electron chi connectivity index (χ3n) is 3.79. The summed E-state index contributed by atoms with van der Waals surface area (Å²) in [7, 11) is 0. The van der Waals surface area contributed by atoms with E-state index in [4.69, 9.17) is 4.74 Å². The Bertz CT molecular complexity index is 455. The second-order valence-corrected chi connectivity index (χ2v) is 5.14. The molecule has 1 fully saturated rings. The topological polar surface area (TPSA) is 41.6 Å². The average Bonchev–Trinajstić information content (AvgIpc) is 2.70. The van der Waals surface area contributed by atoms with Crippen molar-refractivity contribution in [2.75, 3.05) is 29.9 Å². The minimum Gasteiger partial charge on any atom is -0.383 e. The van der Waals surface area contributed by atoms with E-state index in [2.05, 4.69) is 5.32 Å². The molecule has 19 heavy (non-hydrogen) atoms. The van der Waals surface area contributed by atoms with Crippen molar-refractivity contribution in [3.05, 3.63) is 24.3 Å². The summed E-state index contributed by atoms with van der Waals surface area (Å²) in [5, 5.41) is 3.38. The average molecular weight is 260 g/mol. The molecule has 1 aromatic carbocycles. The van der Waals surface area contributed by atoms with Gasteiger partial charge in [0, 0.05) is 19.7 Å². The van der Waals surface area contributed by atoms with Crippen LogP contribution in [0.25, 0.3) is 0 Å². The molecule has 4 heteroatoms. The second-order valence-electron chi connectivity index (χ2n) is 5.14. The molecule has 0 aliphatic carbocycles. The van der Waals surface area contributed by atoms with Crippen LogP contribution in [0, 0.1) is 0 Å². The summed E-state index contributed by atoms with van der Waals surface area (Å²) in [6.07, 6.45) is 3.73. The monoisotopic (exact) mass is 260 g/mol. The molecule has 3 rings (SSSR count). The Labute approximate surface area is 113 Å². The highest BCUT2D eigenvalue weighted by Crippen LogP contribution is 2.29. The molecule has 1 unspecified atom stereocenters.